The van der Waals surface area contributed by atoms with E-state index in [2.05, 4.69) is 27.9 Å². The van der Waals surface area contributed by atoms with Gasteiger partial charge in [0.2, 0.25) is 0 Å². The van der Waals surface area contributed by atoms with E-state index in [1.807, 2.05) is 6.92 Å². The summed E-state index contributed by atoms with van der Waals surface area (Å²) in [6.45, 7) is 2.03. The zero-order valence-electron chi connectivity index (χ0n) is 4.45. The van der Waals surface area contributed by atoms with Crippen LogP contribution in [0, 0.1) is 0 Å². The molecule has 0 rings (SSSR count). The van der Waals surface area contributed by atoms with Crippen LogP contribution in [-0.2, 0) is 0 Å². The molecule has 0 heterocycles. The number of rotatable bonds is 2. The van der Waals surface area contributed by atoms with E-state index in [4.69, 9.17) is 0 Å². The SMILES string of the molecule is CCC(I)NC(=O)I. The van der Waals surface area contributed by atoms with E-state index in [-0.39, 0.29) is 7.96 Å². The largest absolute Gasteiger partial charge is 0.336 e. The van der Waals surface area contributed by atoms with Crippen molar-refractivity contribution in [3.8, 4) is 0 Å². The van der Waals surface area contributed by atoms with E-state index >= 15 is 0 Å². The van der Waals surface area contributed by atoms with Gasteiger partial charge in [-0.1, -0.05) is 29.5 Å². The molecule has 0 aliphatic rings. The Labute approximate surface area is 76.1 Å². The van der Waals surface area contributed by atoms with E-state index in [1.165, 1.54) is 0 Å². The molecule has 0 aromatic carbocycles. The fraction of sp³-hybridized carbons (Fsp3) is 0.750. The maximum atomic E-state index is 10.3. The summed E-state index contributed by atoms with van der Waals surface area (Å²) in [5.74, 6) is 0. The number of carbonyl (C=O) groups excluding carboxylic acids is 1. The molecule has 0 bridgehead atoms. The molecule has 0 aliphatic carbocycles. The molecule has 1 amide bonds. The second-order valence-electron chi connectivity index (χ2n) is 1.29. The first kappa shape index (κ1) is 8.93. The van der Waals surface area contributed by atoms with Crippen LogP contribution < -0.4 is 5.32 Å². The van der Waals surface area contributed by atoms with E-state index in [1.54, 1.807) is 22.6 Å². The van der Waals surface area contributed by atoms with Crippen LogP contribution in [0.4, 0.5) is 4.79 Å². The quantitative estimate of drug-likeness (QED) is 0.356. The molecule has 8 heavy (non-hydrogen) atoms. The minimum atomic E-state index is 0.0175. The molecule has 2 nitrogen and oxygen atoms in total. The van der Waals surface area contributed by atoms with Gasteiger partial charge >= 0.3 is 0 Å². The topological polar surface area (TPSA) is 29.1 Å². The minimum Gasteiger partial charge on any atom is -0.336 e. The minimum absolute atomic E-state index is 0.0175. The van der Waals surface area contributed by atoms with Crippen molar-refractivity contribution in [2.24, 2.45) is 0 Å². The highest BCUT2D eigenvalue weighted by molar-refractivity contribution is 14.1. The maximum absolute atomic E-state index is 10.3. The van der Waals surface area contributed by atoms with Gasteiger partial charge < -0.3 is 5.32 Å². The summed E-state index contributed by atoms with van der Waals surface area (Å²) in [5, 5.41) is 2.73. The Balaban J connectivity index is 3.24. The predicted molar refractivity (Wildman–Crippen MR) is 50.7 cm³/mol. The molecule has 0 aromatic heterocycles. The molecule has 0 aliphatic heterocycles. The van der Waals surface area contributed by atoms with Gasteiger partial charge in [0, 0.05) is 22.6 Å². The lowest BCUT2D eigenvalue weighted by Gasteiger charge is -2.04. The van der Waals surface area contributed by atoms with E-state index in [0.717, 1.165) is 6.42 Å². The molecule has 1 N–H and O–H groups in total. The molecule has 0 radical (unpaired) electrons. The van der Waals surface area contributed by atoms with Crippen molar-refractivity contribution in [2.45, 2.75) is 17.4 Å². The Morgan fingerprint density at radius 2 is 2.38 bits per heavy atom. The van der Waals surface area contributed by atoms with Crippen molar-refractivity contribution in [1.29, 1.82) is 0 Å². The monoisotopic (exact) mass is 339 g/mol. The molecule has 0 fully saturated rings. The van der Waals surface area contributed by atoms with Crippen LogP contribution in [0.15, 0.2) is 0 Å². The van der Waals surface area contributed by atoms with Gasteiger partial charge in [-0.15, -0.1) is 0 Å². The van der Waals surface area contributed by atoms with Crippen molar-refractivity contribution in [2.75, 3.05) is 0 Å². The van der Waals surface area contributed by atoms with Crippen molar-refractivity contribution in [3.05, 3.63) is 0 Å². The highest BCUT2D eigenvalue weighted by atomic mass is 127. The molecule has 0 saturated heterocycles. The molecular formula is C4H7I2NO. The van der Waals surface area contributed by atoms with Crippen LogP contribution in [0.1, 0.15) is 13.3 Å². The van der Waals surface area contributed by atoms with Crippen molar-refractivity contribution >= 4 is 49.1 Å². The van der Waals surface area contributed by atoms with Crippen molar-refractivity contribution in [1.82, 2.24) is 5.32 Å². The third-order valence-electron chi connectivity index (χ3n) is 0.629. The smallest absolute Gasteiger partial charge is 0.281 e. The summed E-state index contributed by atoms with van der Waals surface area (Å²) in [4.78, 5) is 10.3. The van der Waals surface area contributed by atoms with Crippen LogP contribution in [0.25, 0.3) is 0 Å². The summed E-state index contributed by atoms with van der Waals surface area (Å²) in [5.41, 5.74) is 0. The zero-order valence-corrected chi connectivity index (χ0v) is 8.76. The van der Waals surface area contributed by atoms with Gasteiger partial charge in [-0.2, -0.15) is 0 Å². The highest BCUT2D eigenvalue weighted by Crippen LogP contribution is 2.01. The predicted octanol–water partition coefficient (Wildman–Crippen LogP) is 2.30. The third kappa shape index (κ3) is 5.07. The highest BCUT2D eigenvalue weighted by Gasteiger charge is 1.99. The number of alkyl halides is 1. The lowest BCUT2D eigenvalue weighted by Crippen LogP contribution is -2.23. The number of nitrogens with one attached hydrogen (secondary N) is 1. The van der Waals surface area contributed by atoms with E-state index in [0.29, 0.717) is 0 Å². The van der Waals surface area contributed by atoms with Gasteiger partial charge in [0.1, 0.15) is 0 Å². The maximum Gasteiger partial charge on any atom is 0.281 e. The summed E-state index contributed by atoms with van der Waals surface area (Å²) in [6, 6.07) is 0. The third-order valence-corrected chi connectivity index (χ3v) is 2.13. The summed E-state index contributed by atoms with van der Waals surface area (Å²) in [7, 11) is 0. The first-order valence-electron chi connectivity index (χ1n) is 2.27. The van der Waals surface area contributed by atoms with Crippen molar-refractivity contribution in [3.63, 3.8) is 0 Å². The van der Waals surface area contributed by atoms with Gasteiger partial charge in [-0.05, 0) is 6.42 Å². The number of amides is 1. The molecule has 0 spiro atoms. The summed E-state index contributed by atoms with van der Waals surface area (Å²) in [6.07, 6.45) is 0.981. The summed E-state index contributed by atoms with van der Waals surface area (Å²) < 4.78 is 0.306. The Bertz CT molecular complexity index is 86.1. The van der Waals surface area contributed by atoms with Gasteiger partial charge in [-0.3, -0.25) is 4.79 Å². The lowest BCUT2D eigenvalue weighted by molar-refractivity contribution is 0.262. The van der Waals surface area contributed by atoms with E-state index < -0.39 is 0 Å². The van der Waals surface area contributed by atoms with Crippen LogP contribution in [0.3, 0.4) is 0 Å². The van der Waals surface area contributed by atoms with Crippen LogP contribution in [0.5, 0.6) is 0 Å². The Kier molecular flexibility index (Phi) is 5.33. The first-order chi connectivity index (χ1) is 3.66. The molecule has 48 valence electrons. The standard InChI is InChI=1S/C4H7I2NO/c1-2-3(5)7-4(6)8/h3H,2H2,1H3,(H,7,8). The van der Waals surface area contributed by atoms with Crippen molar-refractivity contribution < 1.29 is 4.79 Å². The first-order valence-corrected chi connectivity index (χ1v) is 4.59. The average molecular weight is 339 g/mol. The number of carbonyl (C=O) groups is 1. The average Bonchev–Trinajstić information content (AvgIpc) is 1.65. The second-order valence-corrected chi connectivity index (χ2v) is 3.78. The van der Waals surface area contributed by atoms with Crippen LogP contribution in [0.2, 0.25) is 0 Å². The molecule has 1 unspecified atom stereocenters. The van der Waals surface area contributed by atoms with E-state index in [9.17, 15) is 4.79 Å². The van der Waals surface area contributed by atoms with Crippen LogP contribution in [-0.4, -0.2) is 7.96 Å². The van der Waals surface area contributed by atoms with Gasteiger partial charge in [0.25, 0.3) is 3.91 Å². The fourth-order valence-electron chi connectivity index (χ4n) is 0.225. The number of hydrogen-bond donors (Lipinski definition) is 1. The molecule has 0 saturated carbocycles. The number of hydrogen-bond acceptors (Lipinski definition) is 1. The molecule has 1 atom stereocenters. The van der Waals surface area contributed by atoms with Crippen LogP contribution >= 0.6 is 45.2 Å². The Morgan fingerprint density at radius 3 is 2.50 bits per heavy atom. The van der Waals surface area contributed by atoms with Gasteiger partial charge in [0.15, 0.2) is 0 Å². The Hall–Kier alpha value is 0.930. The molecule has 0 aromatic rings. The second kappa shape index (κ2) is 4.78. The lowest BCUT2D eigenvalue weighted by atomic mass is 10.5. The number of halogens is 2. The fourth-order valence-corrected chi connectivity index (χ4v) is 1.48. The van der Waals surface area contributed by atoms with Gasteiger partial charge in [0.05, 0.1) is 4.05 Å². The Morgan fingerprint density at radius 1 is 1.88 bits per heavy atom. The zero-order chi connectivity index (χ0) is 6.57. The summed E-state index contributed by atoms with van der Waals surface area (Å²) >= 11 is 3.91. The molecule has 4 heteroatoms. The normalized spacial score (nSPS) is 12.9. The molecular weight excluding hydrogens is 332 g/mol. The van der Waals surface area contributed by atoms with Gasteiger partial charge in [-0.25, -0.2) is 0 Å².